The van der Waals surface area contributed by atoms with Crippen molar-refractivity contribution in [2.75, 3.05) is 24.7 Å². The summed E-state index contributed by atoms with van der Waals surface area (Å²) in [6.45, 7) is 3.00. The van der Waals surface area contributed by atoms with Crippen LogP contribution in [0.2, 0.25) is 0 Å². The Morgan fingerprint density at radius 1 is 1.50 bits per heavy atom. The second kappa shape index (κ2) is 5.05. The minimum absolute atomic E-state index is 0.0212. The van der Waals surface area contributed by atoms with E-state index in [1.807, 2.05) is 0 Å². The molecule has 2 heterocycles. The third-order valence-corrected chi connectivity index (χ3v) is 5.34. The smallest absolute Gasteiger partial charge is 0.315 e. The van der Waals surface area contributed by atoms with Crippen LogP contribution in [-0.2, 0) is 14.6 Å². The predicted molar refractivity (Wildman–Crippen MR) is 67.2 cm³/mol. The highest BCUT2D eigenvalue weighted by Crippen LogP contribution is 2.22. The van der Waals surface area contributed by atoms with Gasteiger partial charge in [0.2, 0.25) is 0 Å². The molecule has 0 spiro atoms. The molecule has 0 bridgehead atoms. The van der Waals surface area contributed by atoms with Gasteiger partial charge in [-0.3, -0.25) is 0 Å². The van der Waals surface area contributed by atoms with Crippen molar-refractivity contribution in [1.82, 2.24) is 10.6 Å². The summed E-state index contributed by atoms with van der Waals surface area (Å²) in [5.74, 6) is 0.170. The van der Waals surface area contributed by atoms with Gasteiger partial charge >= 0.3 is 6.03 Å². The highest BCUT2D eigenvalue weighted by molar-refractivity contribution is 7.91. The highest BCUT2D eigenvalue weighted by atomic mass is 32.2. The Morgan fingerprint density at radius 3 is 2.83 bits per heavy atom. The van der Waals surface area contributed by atoms with Crippen molar-refractivity contribution in [2.24, 2.45) is 0 Å². The number of carbonyl (C=O) groups excluding carboxylic acids is 1. The topological polar surface area (TPSA) is 84.5 Å². The van der Waals surface area contributed by atoms with Crippen LogP contribution in [0.5, 0.6) is 0 Å². The van der Waals surface area contributed by atoms with Crippen LogP contribution in [0.25, 0.3) is 0 Å². The molecule has 0 aromatic heterocycles. The molecule has 18 heavy (non-hydrogen) atoms. The molecule has 2 aliphatic rings. The number of nitrogens with one attached hydrogen (secondary N) is 2. The largest absolute Gasteiger partial charge is 0.376 e. The summed E-state index contributed by atoms with van der Waals surface area (Å²) in [4.78, 5) is 11.7. The molecule has 2 fully saturated rings. The lowest BCUT2D eigenvalue weighted by Gasteiger charge is -2.24. The molecule has 6 nitrogen and oxygen atoms in total. The average Bonchev–Trinajstić information content (AvgIpc) is 2.84. The highest BCUT2D eigenvalue weighted by Gasteiger charge is 2.39. The van der Waals surface area contributed by atoms with Crippen LogP contribution in [0.1, 0.15) is 26.2 Å². The van der Waals surface area contributed by atoms with Gasteiger partial charge < -0.3 is 15.4 Å². The fourth-order valence-electron chi connectivity index (χ4n) is 2.44. The van der Waals surface area contributed by atoms with Crippen LogP contribution >= 0.6 is 0 Å². The Morgan fingerprint density at radius 2 is 2.28 bits per heavy atom. The number of carbonyl (C=O) groups is 1. The third kappa shape index (κ3) is 3.58. The fraction of sp³-hybridized carbons (Fsp3) is 0.909. The first-order chi connectivity index (χ1) is 8.39. The van der Waals surface area contributed by atoms with Gasteiger partial charge in [0, 0.05) is 13.2 Å². The summed E-state index contributed by atoms with van der Waals surface area (Å²) in [5.41, 5.74) is -0.639. The van der Waals surface area contributed by atoms with Gasteiger partial charge in [-0.25, -0.2) is 13.2 Å². The molecule has 2 rings (SSSR count). The van der Waals surface area contributed by atoms with Crippen molar-refractivity contribution < 1.29 is 17.9 Å². The van der Waals surface area contributed by atoms with Gasteiger partial charge in [0.05, 0.1) is 23.1 Å². The lowest BCUT2D eigenvalue weighted by atomic mass is 10.0. The van der Waals surface area contributed by atoms with Crippen molar-refractivity contribution in [3.05, 3.63) is 0 Å². The molecule has 7 heteroatoms. The first kappa shape index (κ1) is 13.6. The van der Waals surface area contributed by atoms with E-state index >= 15 is 0 Å². The van der Waals surface area contributed by atoms with Crippen LogP contribution in [-0.4, -0.2) is 50.7 Å². The van der Waals surface area contributed by atoms with Crippen molar-refractivity contribution >= 4 is 15.9 Å². The minimum Gasteiger partial charge on any atom is -0.376 e. The zero-order valence-electron chi connectivity index (χ0n) is 10.6. The van der Waals surface area contributed by atoms with E-state index in [0.29, 0.717) is 13.0 Å². The maximum Gasteiger partial charge on any atom is 0.315 e. The Hall–Kier alpha value is -0.820. The first-order valence-electron chi connectivity index (χ1n) is 6.27. The Balaban J connectivity index is 1.77. The summed E-state index contributed by atoms with van der Waals surface area (Å²) in [6.07, 6.45) is 2.56. The summed E-state index contributed by atoms with van der Waals surface area (Å²) < 4.78 is 28.2. The molecule has 2 N–H and O–H groups in total. The van der Waals surface area contributed by atoms with Gasteiger partial charge in [0.15, 0.2) is 9.84 Å². The molecule has 2 saturated heterocycles. The number of ether oxygens (including phenoxy) is 1. The monoisotopic (exact) mass is 276 g/mol. The van der Waals surface area contributed by atoms with Gasteiger partial charge in [-0.2, -0.15) is 0 Å². The standard InChI is InChI=1S/C11H20N2O4S/c1-11(4-6-18(15,16)8-11)13-10(14)12-7-9-3-2-5-17-9/h9H,2-8H2,1H3,(H2,12,13,14)/t9-,11+/m0/s1. The molecule has 0 aromatic rings. The van der Waals surface area contributed by atoms with Crippen molar-refractivity contribution in [3.63, 3.8) is 0 Å². The van der Waals surface area contributed by atoms with Crippen molar-refractivity contribution in [3.8, 4) is 0 Å². The summed E-state index contributed by atoms with van der Waals surface area (Å²) >= 11 is 0. The van der Waals surface area contributed by atoms with E-state index in [1.165, 1.54) is 0 Å². The average molecular weight is 276 g/mol. The maximum absolute atomic E-state index is 11.7. The van der Waals surface area contributed by atoms with Gasteiger partial charge in [-0.05, 0) is 26.2 Å². The summed E-state index contributed by atoms with van der Waals surface area (Å²) in [7, 11) is -3.00. The van der Waals surface area contributed by atoms with Crippen molar-refractivity contribution in [2.45, 2.75) is 37.8 Å². The number of sulfone groups is 1. The normalized spacial score (nSPS) is 34.4. The third-order valence-electron chi connectivity index (χ3n) is 3.43. The van der Waals surface area contributed by atoms with E-state index in [1.54, 1.807) is 6.92 Å². The first-order valence-corrected chi connectivity index (χ1v) is 8.09. The van der Waals surface area contributed by atoms with E-state index in [-0.39, 0.29) is 23.6 Å². The summed E-state index contributed by atoms with van der Waals surface area (Å²) in [5, 5.41) is 5.48. The number of hydrogen-bond donors (Lipinski definition) is 2. The van der Waals surface area contributed by atoms with Crippen LogP contribution in [0.15, 0.2) is 0 Å². The number of amides is 2. The maximum atomic E-state index is 11.7. The zero-order valence-corrected chi connectivity index (χ0v) is 11.4. The van der Waals surface area contributed by atoms with Gasteiger partial charge in [-0.15, -0.1) is 0 Å². The van der Waals surface area contributed by atoms with Gasteiger partial charge in [-0.1, -0.05) is 0 Å². The van der Waals surface area contributed by atoms with E-state index in [0.717, 1.165) is 19.4 Å². The van der Waals surface area contributed by atoms with Gasteiger partial charge in [0.25, 0.3) is 0 Å². The Kier molecular flexibility index (Phi) is 3.82. The van der Waals surface area contributed by atoms with E-state index in [4.69, 9.17) is 4.74 Å². The van der Waals surface area contributed by atoms with Crippen LogP contribution < -0.4 is 10.6 Å². The second-order valence-electron chi connectivity index (χ2n) is 5.37. The van der Waals surface area contributed by atoms with Crippen LogP contribution in [0.3, 0.4) is 0 Å². The molecule has 0 radical (unpaired) electrons. The van der Waals surface area contributed by atoms with Crippen LogP contribution in [0.4, 0.5) is 4.79 Å². The zero-order chi connectivity index (χ0) is 13.2. The molecular weight excluding hydrogens is 256 g/mol. The Labute approximate surface area is 107 Å². The van der Waals surface area contributed by atoms with Gasteiger partial charge in [0.1, 0.15) is 0 Å². The molecule has 0 aromatic carbocycles. The molecule has 2 atom stereocenters. The number of hydrogen-bond acceptors (Lipinski definition) is 4. The quantitative estimate of drug-likeness (QED) is 0.762. The number of rotatable bonds is 3. The molecular formula is C11H20N2O4S. The SMILES string of the molecule is C[C@@]1(NC(=O)NC[C@@H]2CCCO2)CCS(=O)(=O)C1. The lowest BCUT2D eigenvalue weighted by molar-refractivity contribution is 0.111. The van der Waals surface area contributed by atoms with Crippen molar-refractivity contribution in [1.29, 1.82) is 0 Å². The molecule has 104 valence electrons. The molecule has 2 aliphatic heterocycles. The lowest BCUT2D eigenvalue weighted by Crippen LogP contribution is -2.52. The minimum atomic E-state index is -3.00. The van der Waals surface area contributed by atoms with E-state index in [9.17, 15) is 13.2 Å². The predicted octanol–water partition coefficient (Wildman–Crippen LogP) is 0.0418. The van der Waals surface area contributed by atoms with Crippen LogP contribution in [0, 0.1) is 0 Å². The molecule has 0 aliphatic carbocycles. The van der Waals surface area contributed by atoms with E-state index in [2.05, 4.69) is 10.6 Å². The second-order valence-corrected chi connectivity index (χ2v) is 7.56. The molecule has 2 amide bonds. The Bertz CT molecular complexity index is 417. The number of urea groups is 1. The van der Waals surface area contributed by atoms with E-state index < -0.39 is 15.4 Å². The molecule has 0 saturated carbocycles. The molecule has 0 unspecified atom stereocenters. The summed E-state index contributed by atoms with van der Waals surface area (Å²) in [6, 6.07) is -0.315. The fourth-order valence-corrected chi connectivity index (χ4v) is 4.53.